The highest BCUT2D eigenvalue weighted by Gasteiger charge is 2.23. The van der Waals surface area contributed by atoms with Crippen molar-refractivity contribution in [3.63, 3.8) is 0 Å². The predicted octanol–water partition coefficient (Wildman–Crippen LogP) is 4.03. The molecule has 0 radical (unpaired) electrons. The van der Waals surface area contributed by atoms with E-state index in [1.54, 1.807) is 6.07 Å². The minimum atomic E-state index is -3.82. The zero-order valence-electron chi connectivity index (χ0n) is 16.4. The maximum atomic E-state index is 12.9. The minimum absolute atomic E-state index is 0.0503. The Morgan fingerprint density at radius 1 is 0.968 bits per heavy atom. The second kappa shape index (κ2) is 8.55. The molecule has 4 N–H and O–H groups in total. The molecule has 1 unspecified atom stereocenters. The number of rotatable bonds is 7. The molecule has 0 bridgehead atoms. The van der Waals surface area contributed by atoms with Crippen LogP contribution in [-0.4, -0.2) is 25.9 Å². The summed E-state index contributed by atoms with van der Waals surface area (Å²) < 4.78 is 28.5. The maximum Gasteiger partial charge on any atom is 0.248 e. The molecule has 0 aliphatic heterocycles. The average molecular weight is 454 g/mol. The summed E-state index contributed by atoms with van der Waals surface area (Å²) in [5, 5.41) is 1.56. The molecule has 8 heteroatoms. The number of amides is 1. The predicted molar refractivity (Wildman–Crippen MR) is 122 cm³/mol. The molecule has 0 aliphatic rings. The van der Waals surface area contributed by atoms with Gasteiger partial charge in [0.1, 0.15) is 0 Å². The van der Waals surface area contributed by atoms with Gasteiger partial charge in [-0.15, -0.1) is 0 Å². The highest BCUT2D eigenvalue weighted by atomic mass is 35.5. The van der Waals surface area contributed by atoms with Gasteiger partial charge < -0.3 is 10.7 Å². The van der Waals surface area contributed by atoms with Gasteiger partial charge in [-0.05, 0) is 47.5 Å². The number of primary amides is 1. The summed E-state index contributed by atoms with van der Waals surface area (Å²) >= 11 is 6.47. The third-order valence-corrected chi connectivity index (χ3v) is 6.99. The topological polar surface area (TPSA) is 105 Å². The second-order valence-corrected chi connectivity index (χ2v) is 9.28. The van der Waals surface area contributed by atoms with Crippen molar-refractivity contribution in [1.82, 2.24) is 9.71 Å². The lowest BCUT2D eigenvalue weighted by atomic mass is 9.91. The van der Waals surface area contributed by atoms with E-state index in [9.17, 15) is 13.2 Å². The molecule has 0 saturated heterocycles. The van der Waals surface area contributed by atoms with E-state index in [1.807, 2.05) is 48.7 Å². The van der Waals surface area contributed by atoms with E-state index in [4.69, 9.17) is 17.3 Å². The van der Waals surface area contributed by atoms with E-state index in [0.29, 0.717) is 5.02 Å². The molecule has 31 heavy (non-hydrogen) atoms. The number of carbonyl (C=O) groups is 1. The van der Waals surface area contributed by atoms with Gasteiger partial charge in [0.25, 0.3) is 0 Å². The van der Waals surface area contributed by atoms with Gasteiger partial charge in [0.15, 0.2) is 0 Å². The van der Waals surface area contributed by atoms with E-state index in [-0.39, 0.29) is 22.9 Å². The molecule has 0 aliphatic carbocycles. The fourth-order valence-electron chi connectivity index (χ4n) is 3.60. The maximum absolute atomic E-state index is 12.9. The van der Waals surface area contributed by atoms with Crippen molar-refractivity contribution < 1.29 is 13.2 Å². The van der Waals surface area contributed by atoms with Gasteiger partial charge in [-0.25, -0.2) is 13.1 Å². The Morgan fingerprint density at radius 2 is 1.65 bits per heavy atom. The number of nitrogens with two attached hydrogens (primary N) is 1. The Hall–Kier alpha value is -3.13. The third-order valence-electron chi connectivity index (χ3n) is 5.20. The quantitative estimate of drug-likeness (QED) is 0.393. The number of aromatic amines is 1. The SMILES string of the molecule is NC(=O)c1ccc(S(=O)(=O)NCC(c2ccccc2Cl)c2c[nH]c3ccccc23)cc1. The van der Waals surface area contributed by atoms with Crippen LogP contribution in [-0.2, 0) is 10.0 Å². The van der Waals surface area contributed by atoms with Crippen molar-refractivity contribution in [2.24, 2.45) is 5.73 Å². The number of fused-ring (bicyclic) bond motifs is 1. The standard InChI is InChI=1S/C23H20ClN3O3S/c24-21-7-3-1-5-17(21)20(19-13-26-22-8-4-2-6-18(19)22)14-27-31(29,30)16-11-9-15(10-12-16)23(25)28/h1-13,20,26-27H,14H2,(H2,25,28). The van der Waals surface area contributed by atoms with Crippen LogP contribution in [0.2, 0.25) is 5.02 Å². The van der Waals surface area contributed by atoms with Gasteiger partial charge in [-0.3, -0.25) is 4.79 Å². The smallest absolute Gasteiger partial charge is 0.248 e. The number of carbonyl (C=O) groups excluding carboxylic acids is 1. The third kappa shape index (κ3) is 4.34. The molecular formula is C23H20ClN3O3S. The first kappa shape index (κ1) is 21.1. The molecule has 3 aromatic carbocycles. The van der Waals surface area contributed by atoms with Gasteiger partial charge in [0.2, 0.25) is 15.9 Å². The Morgan fingerprint density at radius 3 is 2.35 bits per heavy atom. The van der Waals surface area contributed by atoms with Crippen molar-refractivity contribution in [3.8, 4) is 0 Å². The molecular weight excluding hydrogens is 434 g/mol. The number of nitrogens with one attached hydrogen (secondary N) is 2. The number of sulfonamides is 1. The molecule has 4 aromatic rings. The minimum Gasteiger partial charge on any atom is -0.366 e. The molecule has 1 aromatic heterocycles. The Kier molecular flexibility index (Phi) is 5.82. The van der Waals surface area contributed by atoms with Crippen LogP contribution in [0, 0.1) is 0 Å². The zero-order chi connectivity index (χ0) is 22.0. The first-order valence-corrected chi connectivity index (χ1v) is 11.4. The van der Waals surface area contributed by atoms with Gasteiger partial charge in [0.05, 0.1) is 4.90 Å². The molecule has 4 rings (SSSR count). The van der Waals surface area contributed by atoms with Gasteiger partial charge >= 0.3 is 0 Å². The molecule has 0 spiro atoms. The largest absolute Gasteiger partial charge is 0.366 e. The molecule has 158 valence electrons. The van der Waals surface area contributed by atoms with E-state index in [1.165, 1.54) is 24.3 Å². The van der Waals surface area contributed by atoms with Crippen molar-refractivity contribution in [3.05, 3.63) is 101 Å². The number of H-pyrrole nitrogens is 1. The van der Waals surface area contributed by atoms with Gasteiger partial charge in [-0.2, -0.15) is 0 Å². The summed E-state index contributed by atoms with van der Waals surface area (Å²) in [6, 6.07) is 20.7. The van der Waals surface area contributed by atoms with Crippen LogP contribution in [0.4, 0.5) is 0 Å². The van der Waals surface area contributed by atoms with Crippen LogP contribution < -0.4 is 10.5 Å². The Balaban J connectivity index is 1.68. The highest BCUT2D eigenvalue weighted by molar-refractivity contribution is 7.89. The average Bonchev–Trinajstić information content (AvgIpc) is 3.19. The number of hydrogen-bond donors (Lipinski definition) is 3. The second-order valence-electron chi connectivity index (χ2n) is 7.10. The fourth-order valence-corrected chi connectivity index (χ4v) is 4.92. The number of para-hydroxylation sites is 1. The van der Waals surface area contributed by atoms with Crippen molar-refractivity contribution in [2.75, 3.05) is 6.54 Å². The molecule has 6 nitrogen and oxygen atoms in total. The fraction of sp³-hybridized carbons (Fsp3) is 0.0870. The first-order chi connectivity index (χ1) is 14.9. The van der Waals surface area contributed by atoms with Gasteiger partial charge in [0, 0.05) is 40.1 Å². The van der Waals surface area contributed by atoms with Crippen LogP contribution in [0.15, 0.2) is 83.9 Å². The molecule has 1 heterocycles. The summed E-state index contributed by atoms with van der Waals surface area (Å²) in [7, 11) is -3.82. The van der Waals surface area contributed by atoms with E-state index < -0.39 is 15.9 Å². The summed E-state index contributed by atoms with van der Waals surface area (Å²) in [6.07, 6.45) is 1.88. The summed E-state index contributed by atoms with van der Waals surface area (Å²) in [5.74, 6) is -0.931. The lowest BCUT2D eigenvalue weighted by Crippen LogP contribution is -2.29. The summed E-state index contributed by atoms with van der Waals surface area (Å²) in [4.78, 5) is 14.5. The lowest BCUT2D eigenvalue weighted by molar-refractivity contribution is 0.1000. The normalized spacial score (nSPS) is 12.7. The van der Waals surface area contributed by atoms with Gasteiger partial charge in [-0.1, -0.05) is 48.0 Å². The highest BCUT2D eigenvalue weighted by Crippen LogP contribution is 2.34. The van der Waals surface area contributed by atoms with Crippen LogP contribution in [0.3, 0.4) is 0 Å². The van der Waals surface area contributed by atoms with Crippen molar-refractivity contribution in [2.45, 2.75) is 10.8 Å². The Labute approximate surface area is 185 Å². The van der Waals surface area contributed by atoms with Crippen LogP contribution >= 0.6 is 11.6 Å². The number of halogens is 1. The number of aromatic nitrogens is 1. The zero-order valence-corrected chi connectivity index (χ0v) is 18.0. The molecule has 1 atom stereocenters. The Bertz CT molecular complexity index is 1350. The summed E-state index contributed by atoms with van der Waals surface area (Å²) in [5.41, 5.74) is 8.19. The monoisotopic (exact) mass is 453 g/mol. The van der Waals surface area contributed by atoms with Crippen LogP contribution in [0.5, 0.6) is 0 Å². The van der Waals surface area contributed by atoms with Crippen molar-refractivity contribution >= 4 is 38.4 Å². The van der Waals surface area contributed by atoms with Crippen molar-refractivity contribution in [1.29, 1.82) is 0 Å². The van der Waals surface area contributed by atoms with Crippen LogP contribution in [0.25, 0.3) is 10.9 Å². The lowest BCUT2D eigenvalue weighted by Gasteiger charge is -2.19. The van der Waals surface area contributed by atoms with E-state index in [2.05, 4.69) is 9.71 Å². The molecule has 0 fully saturated rings. The summed E-state index contributed by atoms with van der Waals surface area (Å²) in [6.45, 7) is 0.103. The van der Waals surface area contributed by atoms with E-state index >= 15 is 0 Å². The van der Waals surface area contributed by atoms with E-state index in [0.717, 1.165) is 22.0 Å². The van der Waals surface area contributed by atoms with Crippen LogP contribution in [0.1, 0.15) is 27.4 Å². The number of hydrogen-bond acceptors (Lipinski definition) is 3. The number of benzene rings is 3. The first-order valence-electron chi connectivity index (χ1n) is 9.57. The molecule has 1 amide bonds. The molecule has 0 saturated carbocycles.